The van der Waals surface area contributed by atoms with Crippen LogP contribution in [0.25, 0.3) is 10.9 Å². The average molecular weight is 371 g/mol. The van der Waals surface area contributed by atoms with Crippen LogP contribution in [0, 0.1) is 5.41 Å². The Kier molecular flexibility index (Phi) is 5.60. The molecule has 1 heterocycles. The lowest BCUT2D eigenvalue weighted by molar-refractivity contribution is -0.144. The molecule has 1 aromatic carbocycles. The number of hydrogen-bond acceptors (Lipinski definition) is 5. The minimum absolute atomic E-state index is 0.0426. The smallest absolute Gasteiger partial charge is 0.311 e. The van der Waals surface area contributed by atoms with E-state index in [0.29, 0.717) is 37.2 Å². The maximum Gasteiger partial charge on any atom is 0.311 e. The van der Waals surface area contributed by atoms with Crippen molar-refractivity contribution in [3.8, 4) is 0 Å². The molecule has 1 fully saturated rings. The molecule has 144 valence electrons. The van der Waals surface area contributed by atoms with Crippen LogP contribution >= 0.6 is 0 Å². The summed E-state index contributed by atoms with van der Waals surface area (Å²) in [5, 5.41) is 16.8. The topological polar surface area (TPSA) is 101 Å². The highest BCUT2D eigenvalue weighted by molar-refractivity contribution is 6.03. The number of carboxylic acid groups (broad SMARTS) is 1. The Morgan fingerprint density at radius 1 is 1.30 bits per heavy atom. The van der Waals surface area contributed by atoms with Gasteiger partial charge in [0.25, 0.3) is 0 Å². The molecule has 1 amide bonds. The summed E-state index contributed by atoms with van der Waals surface area (Å²) in [7, 11) is 0. The normalized spacial score (nSPS) is 15.9. The Morgan fingerprint density at radius 2 is 2.04 bits per heavy atom. The number of hydrogen-bond donors (Lipinski definition) is 3. The molecule has 27 heavy (non-hydrogen) atoms. The van der Waals surface area contributed by atoms with Gasteiger partial charge in [0.1, 0.15) is 6.61 Å². The van der Waals surface area contributed by atoms with Crippen molar-refractivity contribution in [2.45, 2.75) is 39.2 Å². The van der Waals surface area contributed by atoms with Gasteiger partial charge in [-0.25, -0.2) is 0 Å². The van der Waals surface area contributed by atoms with Gasteiger partial charge in [0, 0.05) is 18.0 Å². The van der Waals surface area contributed by atoms with Crippen molar-refractivity contribution in [1.29, 1.82) is 0 Å². The molecule has 2 aromatic rings. The number of pyridine rings is 1. The van der Waals surface area contributed by atoms with Gasteiger partial charge < -0.3 is 20.5 Å². The standard InChI is InChI=1S/C20H25N3O4/c1-3-16(20(9-10-20)19(25)26)23-18-13-7-5-6-8-14(13)21-11-15(18)22-17(24)12-27-4-2/h5-8,11,16H,3-4,9-10,12H2,1-2H3,(H,21,23)(H,22,24)(H,25,26). The number of carboxylic acids is 1. The highest BCUT2D eigenvalue weighted by atomic mass is 16.5. The van der Waals surface area contributed by atoms with Gasteiger partial charge in [-0.3, -0.25) is 14.6 Å². The number of carbonyl (C=O) groups excluding carboxylic acids is 1. The van der Waals surface area contributed by atoms with E-state index in [1.165, 1.54) is 0 Å². The number of rotatable bonds is 9. The molecule has 1 saturated carbocycles. The van der Waals surface area contributed by atoms with E-state index in [9.17, 15) is 14.7 Å². The van der Waals surface area contributed by atoms with Crippen molar-refractivity contribution >= 4 is 34.2 Å². The Morgan fingerprint density at radius 3 is 2.67 bits per heavy atom. The number of para-hydroxylation sites is 1. The first-order chi connectivity index (χ1) is 13.0. The zero-order valence-corrected chi connectivity index (χ0v) is 15.6. The van der Waals surface area contributed by atoms with E-state index in [1.807, 2.05) is 38.1 Å². The van der Waals surface area contributed by atoms with Crippen LogP contribution in [0.5, 0.6) is 0 Å². The molecule has 1 aromatic heterocycles. The van der Waals surface area contributed by atoms with Crippen LogP contribution in [0.1, 0.15) is 33.1 Å². The van der Waals surface area contributed by atoms with E-state index in [4.69, 9.17) is 4.74 Å². The molecule has 7 nitrogen and oxygen atoms in total. The monoisotopic (exact) mass is 371 g/mol. The molecule has 3 rings (SSSR count). The van der Waals surface area contributed by atoms with E-state index in [2.05, 4.69) is 15.6 Å². The molecule has 0 aliphatic heterocycles. The second-order valence-corrected chi connectivity index (χ2v) is 6.82. The predicted molar refractivity (Wildman–Crippen MR) is 104 cm³/mol. The van der Waals surface area contributed by atoms with Crippen molar-refractivity contribution in [2.75, 3.05) is 23.8 Å². The Bertz CT molecular complexity index is 848. The zero-order valence-electron chi connectivity index (χ0n) is 15.6. The fourth-order valence-electron chi connectivity index (χ4n) is 3.42. The Labute approximate surface area is 158 Å². The summed E-state index contributed by atoms with van der Waals surface area (Å²) in [5.74, 6) is -1.05. The van der Waals surface area contributed by atoms with E-state index in [0.717, 1.165) is 10.9 Å². The second-order valence-electron chi connectivity index (χ2n) is 6.82. The van der Waals surface area contributed by atoms with Crippen molar-refractivity contribution in [3.05, 3.63) is 30.5 Å². The SMILES string of the molecule is CCOCC(=O)Nc1cnc2ccccc2c1NC(CC)C1(C(=O)O)CC1. The van der Waals surface area contributed by atoms with Crippen LogP contribution in [-0.2, 0) is 14.3 Å². The molecule has 0 bridgehead atoms. The third kappa shape index (κ3) is 3.88. The van der Waals surface area contributed by atoms with E-state index >= 15 is 0 Å². The first kappa shape index (κ1) is 19.1. The van der Waals surface area contributed by atoms with E-state index < -0.39 is 11.4 Å². The van der Waals surface area contributed by atoms with Crippen molar-refractivity contribution in [2.24, 2.45) is 5.41 Å². The Balaban J connectivity index is 1.96. The highest BCUT2D eigenvalue weighted by Crippen LogP contribution is 2.51. The number of aliphatic carboxylic acids is 1. The maximum atomic E-state index is 12.1. The van der Waals surface area contributed by atoms with Gasteiger partial charge >= 0.3 is 5.97 Å². The molecule has 1 atom stereocenters. The summed E-state index contributed by atoms with van der Waals surface area (Å²) in [4.78, 5) is 28.3. The minimum atomic E-state index is -0.776. The minimum Gasteiger partial charge on any atom is -0.481 e. The second kappa shape index (κ2) is 7.92. The third-order valence-electron chi connectivity index (χ3n) is 5.10. The summed E-state index contributed by atoms with van der Waals surface area (Å²) in [6.45, 7) is 4.20. The van der Waals surface area contributed by atoms with Gasteiger partial charge in [-0.1, -0.05) is 25.1 Å². The predicted octanol–water partition coefficient (Wildman–Crippen LogP) is 3.27. The molecule has 1 aliphatic carbocycles. The lowest BCUT2D eigenvalue weighted by Gasteiger charge is -2.27. The number of benzene rings is 1. The quantitative estimate of drug-likeness (QED) is 0.625. The molecule has 3 N–H and O–H groups in total. The Hall–Kier alpha value is -2.67. The van der Waals surface area contributed by atoms with Crippen LogP contribution in [0.2, 0.25) is 0 Å². The molecule has 7 heteroatoms. The van der Waals surface area contributed by atoms with Crippen molar-refractivity contribution in [1.82, 2.24) is 4.98 Å². The number of nitrogens with zero attached hydrogens (tertiary/aromatic N) is 1. The zero-order chi connectivity index (χ0) is 19.4. The van der Waals surface area contributed by atoms with Crippen LogP contribution in [-0.4, -0.2) is 41.2 Å². The fraction of sp³-hybridized carbons (Fsp3) is 0.450. The number of anilines is 2. The first-order valence-corrected chi connectivity index (χ1v) is 9.27. The largest absolute Gasteiger partial charge is 0.481 e. The number of aromatic nitrogens is 1. The first-order valence-electron chi connectivity index (χ1n) is 9.27. The third-order valence-corrected chi connectivity index (χ3v) is 5.10. The summed E-state index contributed by atoms with van der Waals surface area (Å²) in [6.07, 6.45) is 3.57. The molecule has 1 aliphatic rings. The number of carbonyl (C=O) groups is 2. The van der Waals surface area contributed by atoms with E-state index in [-0.39, 0.29) is 18.6 Å². The number of ether oxygens (including phenoxy) is 1. The lowest BCUT2D eigenvalue weighted by atomic mass is 9.93. The van der Waals surface area contributed by atoms with Gasteiger partial charge in [-0.15, -0.1) is 0 Å². The summed E-state index contributed by atoms with van der Waals surface area (Å²) < 4.78 is 5.16. The number of fused-ring (bicyclic) bond motifs is 1. The van der Waals surface area contributed by atoms with Crippen molar-refractivity contribution < 1.29 is 19.4 Å². The molecule has 0 saturated heterocycles. The van der Waals surface area contributed by atoms with Gasteiger partial charge in [-0.2, -0.15) is 0 Å². The average Bonchev–Trinajstić information content (AvgIpc) is 3.47. The van der Waals surface area contributed by atoms with Crippen LogP contribution < -0.4 is 10.6 Å². The van der Waals surface area contributed by atoms with Gasteiger partial charge in [0.15, 0.2) is 0 Å². The van der Waals surface area contributed by atoms with Crippen LogP contribution in [0.15, 0.2) is 30.5 Å². The van der Waals surface area contributed by atoms with E-state index in [1.54, 1.807) is 6.20 Å². The molecule has 0 radical (unpaired) electrons. The maximum absolute atomic E-state index is 12.1. The number of nitrogens with one attached hydrogen (secondary N) is 2. The molecular formula is C20H25N3O4. The van der Waals surface area contributed by atoms with Gasteiger partial charge in [0.2, 0.25) is 5.91 Å². The van der Waals surface area contributed by atoms with Crippen LogP contribution in [0.3, 0.4) is 0 Å². The van der Waals surface area contributed by atoms with Gasteiger partial charge in [0.05, 0.1) is 28.5 Å². The van der Waals surface area contributed by atoms with Gasteiger partial charge in [-0.05, 0) is 32.3 Å². The van der Waals surface area contributed by atoms with Crippen LogP contribution in [0.4, 0.5) is 11.4 Å². The highest BCUT2D eigenvalue weighted by Gasteiger charge is 2.55. The molecule has 0 spiro atoms. The van der Waals surface area contributed by atoms with Crippen molar-refractivity contribution in [3.63, 3.8) is 0 Å². The summed E-state index contributed by atoms with van der Waals surface area (Å²) in [6, 6.07) is 7.35. The fourth-order valence-corrected chi connectivity index (χ4v) is 3.42. The molecular weight excluding hydrogens is 346 g/mol. The molecule has 1 unspecified atom stereocenters. The number of amides is 1. The summed E-state index contributed by atoms with van der Waals surface area (Å²) in [5.41, 5.74) is 1.26. The lowest BCUT2D eigenvalue weighted by Crippen LogP contribution is -2.36. The summed E-state index contributed by atoms with van der Waals surface area (Å²) >= 11 is 0.